The van der Waals surface area contributed by atoms with Gasteiger partial charge in [-0.15, -0.1) is 11.3 Å². The molecule has 1 amide bonds. The van der Waals surface area contributed by atoms with E-state index in [4.69, 9.17) is 4.74 Å². The molecule has 0 aliphatic heterocycles. The normalized spacial score (nSPS) is 10.5. The summed E-state index contributed by atoms with van der Waals surface area (Å²) in [7, 11) is 1.80. The molecule has 22 heavy (non-hydrogen) atoms. The summed E-state index contributed by atoms with van der Waals surface area (Å²) in [4.78, 5) is 17.8. The van der Waals surface area contributed by atoms with Gasteiger partial charge in [0, 0.05) is 18.8 Å². The maximum atomic E-state index is 11.6. The van der Waals surface area contributed by atoms with Crippen molar-refractivity contribution in [3.8, 4) is 5.75 Å². The highest BCUT2D eigenvalue weighted by Gasteiger charge is 2.10. The van der Waals surface area contributed by atoms with Crippen molar-refractivity contribution in [2.45, 2.75) is 40.3 Å². The van der Waals surface area contributed by atoms with Gasteiger partial charge in [-0.3, -0.25) is 4.79 Å². The zero-order chi connectivity index (χ0) is 16.1. The number of aryl methyl sites for hydroxylation is 1. The summed E-state index contributed by atoms with van der Waals surface area (Å²) < 4.78 is 5.86. The van der Waals surface area contributed by atoms with Gasteiger partial charge in [0.05, 0.1) is 12.2 Å². The van der Waals surface area contributed by atoms with Gasteiger partial charge in [0.2, 0.25) is 5.91 Å². The molecule has 2 aromatic rings. The number of carbonyl (C=O) groups excluding carboxylic acids is 1. The fourth-order valence-corrected chi connectivity index (χ4v) is 2.81. The number of thiazole rings is 1. The highest BCUT2D eigenvalue weighted by molar-refractivity contribution is 7.09. The minimum atomic E-state index is 0.126. The molecule has 0 radical (unpaired) electrons. The number of benzene rings is 1. The number of hydrogen-bond acceptors (Lipinski definition) is 4. The Labute approximate surface area is 135 Å². The van der Waals surface area contributed by atoms with Gasteiger partial charge < -0.3 is 9.64 Å². The molecule has 0 bridgehead atoms. The number of hydrogen-bond donors (Lipinski definition) is 0. The topological polar surface area (TPSA) is 42.4 Å². The zero-order valence-corrected chi connectivity index (χ0v) is 14.4. The van der Waals surface area contributed by atoms with Gasteiger partial charge >= 0.3 is 0 Å². The fourth-order valence-electron chi connectivity index (χ4n) is 2.11. The highest BCUT2D eigenvalue weighted by atomic mass is 32.1. The molecule has 1 aromatic carbocycles. The lowest BCUT2D eigenvalue weighted by atomic mass is 10.1. The van der Waals surface area contributed by atoms with Crippen molar-refractivity contribution in [3.63, 3.8) is 0 Å². The number of ether oxygens (including phenoxy) is 1. The third kappa shape index (κ3) is 4.07. The first-order valence-corrected chi connectivity index (χ1v) is 8.25. The molecular weight excluding hydrogens is 296 g/mol. The van der Waals surface area contributed by atoms with E-state index in [0.717, 1.165) is 22.0 Å². The molecule has 0 unspecified atom stereocenters. The van der Waals surface area contributed by atoms with Crippen LogP contribution in [-0.2, 0) is 17.9 Å². The quantitative estimate of drug-likeness (QED) is 0.815. The van der Waals surface area contributed by atoms with Gasteiger partial charge in [-0.05, 0) is 31.0 Å². The molecule has 0 spiro atoms. The summed E-state index contributed by atoms with van der Waals surface area (Å²) in [6.07, 6.45) is 0.517. The second kappa shape index (κ2) is 7.40. The van der Waals surface area contributed by atoms with Gasteiger partial charge in [-0.25, -0.2) is 4.98 Å². The van der Waals surface area contributed by atoms with E-state index in [1.165, 1.54) is 5.56 Å². The van der Waals surface area contributed by atoms with Crippen LogP contribution in [-0.4, -0.2) is 22.8 Å². The first kappa shape index (κ1) is 16.5. The van der Waals surface area contributed by atoms with E-state index in [9.17, 15) is 4.79 Å². The van der Waals surface area contributed by atoms with Crippen molar-refractivity contribution in [1.29, 1.82) is 0 Å². The molecule has 1 heterocycles. The summed E-state index contributed by atoms with van der Waals surface area (Å²) in [6, 6.07) is 6.05. The average molecular weight is 318 g/mol. The summed E-state index contributed by atoms with van der Waals surface area (Å²) >= 11 is 1.57. The molecule has 0 fully saturated rings. The van der Waals surface area contributed by atoms with Gasteiger partial charge in [-0.2, -0.15) is 0 Å². The Morgan fingerprint density at radius 1 is 1.36 bits per heavy atom. The van der Waals surface area contributed by atoms with Crippen molar-refractivity contribution in [3.05, 3.63) is 45.4 Å². The van der Waals surface area contributed by atoms with Crippen LogP contribution in [0.15, 0.2) is 23.6 Å². The molecule has 118 valence electrons. The van der Waals surface area contributed by atoms with E-state index >= 15 is 0 Å². The minimum absolute atomic E-state index is 0.126. The van der Waals surface area contributed by atoms with Gasteiger partial charge in [0.1, 0.15) is 17.4 Å². The van der Waals surface area contributed by atoms with Crippen molar-refractivity contribution in [1.82, 2.24) is 9.88 Å². The van der Waals surface area contributed by atoms with Gasteiger partial charge in [0.15, 0.2) is 0 Å². The maximum Gasteiger partial charge on any atom is 0.222 e. The largest absolute Gasteiger partial charge is 0.486 e. The van der Waals surface area contributed by atoms with E-state index in [1.54, 1.807) is 23.3 Å². The first-order chi connectivity index (χ1) is 10.5. The molecule has 0 aliphatic carbocycles. The Kier molecular flexibility index (Phi) is 5.55. The molecular formula is C17H22N2O2S. The lowest BCUT2D eigenvalue weighted by Gasteiger charge is -2.14. The van der Waals surface area contributed by atoms with Crippen LogP contribution in [0.3, 0.4) is 0 Å². The van der Waals surface area contributed by atoms with Crippen molar-refractivity contribution in [2.75, 3.05) is 7.05 Å². The highest BCUT2D eigenvalue weighted by Crippen LogP contribution is 2.22. The maximum absolute atomic E-state index is 11.6. The smallest absolute Gasteiger partial charge is 0.222 e. The van der Waals surface area contributed by atoms with Crippen LogP contribution in [0.4, 0.5) is 0 Å². The van der Waals surface area contributed by atoms with Crippen LogP contribution in [0.2, 0.25) is 0 Å². The Morgan fingerprint density at radius 2 is 2.14 bits per heavy atom. The van der Waals surface area contributed by atoms with Gasteiger partial charge in [-0.1, -0.05) is 19.1 Å². The molecule has 0 N–H and O–H groups in total. The number of nitrogens with zero attached hydrogens (tertiary/aromatic N) is 2. The predicted octanol–water partition coefficient (Wildman–Crippen LogP) is 3.71. The third-order valence-corrected chi connectivity index (χ3v) is 4.50. The SMILES string of the molecule is CCC(=O)N(C)Cc1csc(COc2cccc(C)c2C)n1. The van der Waals surface area contributed by atoms with Crippen molar-refractivity contribution < 1.29 is 9.53 Å². The molecule has 0 saturated carbocycles. The number of amides is 1. The van der Waals surface area contributed by atoms with Crippen LogP contribution in [0.1, 0.15) is 35.2 Å². The third-order valence-electron chi connectivity index (χ3n) is 3.63. The predicted molar refractivity (Wildman–Crippen MR) is 89.1 cm³/mol. The monoisotopic (exact) mass is 318 g/mol. The number of rotatable bonds is 6. The van der Waals surface area contributed by atoms with E-state index in [1.807, 2.05) is 24.4 Å². The van der Waals surface area contributed by atoms with E-state index < -0.39 is 0 Å². The van der Waals surface area contributed by atoms with Crippen LogP contribution >= 0.6 is 11.3 Å². The lowest BCUT2D eigenvalue weighted by molar-refractivity contribution is -0.130. The van der Waals surface area contributed by atoms with E-state index in [2.05, 4.69) is 24.9 Å². The van der Waals surface area contributed by atoms with Crippen molar-refractivity contribution in [2.24, 2.45) is 0 Å². The minimum Gasteiger partial charge on any atom is -0.486 e. The van der Waals surface area contributed by atoms with Crippen LogP contribution in [0.5, 0.6) is 5.75 Å². The summed E-state index contributed by atoms with van der Waals surface area (Å²) in [5, 5.41) is 2.91. The molecule has 0 atom stereocenters. The first-order valence-electron chi connectivity index (χ1n) is 7.37. The van der Waals surface area contributed by atoms with Crippen molar-refractivity contribution >= 4 is 17.2 Å². The molecule has 5 heteroatoms. The second-order valence-corrected chi connectivity index (χ2v) is 6.27. The Bertz CT molecular complexity index is 652. The molecule has 0 aliphatic rings. The Hall–Kier alpha value is -1.88. The Balaban J connectivity index is 1.95. The van der Waals surface area contributed by atoms with Crippen LogP contribution in [0.25, 0.3) is 0 Å². The van der Waals surface area contributed by atoms with Crippen LogP contribution in [0, 0.1) is 13.8 Å². The number of aromatic nitrogens is 1. The fraction of sp³-hybridized carbons (Fsp3) is 0.412. The molecule has 1 aromatic heterocycles. The van der Waals surface area contributed by atoms with E-state index in [-0.39, 0.29) is 5.91 Å². The average Bonchev–Trinajstić information content (AvgIpc) is 2.95. The lowest BCUT2D eigenvalue weighted by Crippen LogP contribution is -2.25. The van der Waals surface area contributed by atoms with Gasteiger partial charge in [0.25, 0.3) is 0 Å². The van der Waals surface area contributed by atoms with E-state index in [0.29, 0.717) is 19.6 Å². The molecule has 4 nitrogen and oxygen atoms in total. The Morgan fingerprint density at radius 3 is 2.86 bits per heavy atom. The zero-order valence-electron chi connectivity index (χ0n) is 13.5. The standard InChI is InChI=1S/C17H22N2O2S/c1-5-17(20)19(4)9-14-11-22-16(18-14)10-21-15-8-6-7-12(2)13(15)3/h6-8,11H,5,9-10H2,1-4H3. The second-order valence-electron chi connectivity index (χ2n) is 5.32. The summed E-state index contributed by atoms with van der Waals surface area (Å²) in [6.45, 7) is 7.00. The molecule has 2 rings (SSSR count). The molecule has 0 saturated heterocycles. The summed E-state index contributed by atoms with van der Waals surface area (Å²) in [5.74, 6) is 1.02. The summed E-state index contributed by atoms with van der Waals surface area (Å²) in [5.41, 5.74) is 3.29. The number of carbonyl (C=O) groups is 1. The van der Waals surface area contributed by atoms with Crippen LogP contribution < -0.4 is 4.74 Å².